The van der Waals surface area contributed by atoms with E-state index >= 15 is 0 Å². The lowest BCUT2D eigenvalue weighted by molar-refractivity contribution is -0.132. The van der Waals surface area contributed by atoms with Crippen LogP contribution in [0.1, 0.15) is 13.8 Å². The standard InChI is InChI=1S/C9H16O3Si/c1-5-12-13(3,4)7-6-8(2)9(10)11/h7H,5H2,1-4H3,(H,10,11). The van der Waals surface area contributed by atoms with Crippen LogP contribution >= 0.6 is 0 Å². The van der Waals surface area contributed by atoms with E-state index in [2.05, 4.69) is 5.73 Å². The Balaban J connectivity index is 4.57. The molecule has 0 aliphatic carbocycles. The van der Waals surface area contributed by atoms with Crippen molar-refractivity contribution in [3.63, 3.8) is 0 Å². The molecule has 3 nitrogen and oxygen atoms in total. The lowest BCUT2D eigenvalue weighted by Gasteiger charge is -2.15. The van der Waals surface area contributed by atoms with Gasteiger partial charge in [0.15, 0.2) is 0 Å². The molecule has 1 N–H and O–H groups in total. The van der Waals surface area contributed by atoms with Crippen LogP contribution in [-0.4, -0.2) is 26.0 Å². The monoisotopic (exact) mass is 200 g/mol. The zero-order valence-electron chi connectivity index (χ0n) is 8.55. The Labute approximate surface area is 79.9 Å². The third-order valence-electron chi connectivity index (χ3n) is 1.47. The number of carboxylic acids is 1. The third-order valence-corrected chi connectivity index (χ3v) is 3.35. The summed E-state index contributed by atoms with van der Waals surface area (Å²) in [7, 11) is -1.83. The molecule has 74 valence electrons. The van der Waals surface area contributed by atoms with Gasteiger partial charge >= 0.3 is 5.97 Å². The molecule has 0 saturated heterocycles. The van der Waals surface area contributed by atoms with Crippen LogP contribution in [0.25, 0.3) is 0 Å². The minimum Gasteiger partial charge on any atom is -0.477 e. The van der Waals surface area contributed by atoms with Crippen molar-refractivity contribution in [1.82, 2.24) is 0 Å². The minimum atomic E-state index is -1.83. The fraction of sp³-hybridized carbons (Fsp3) is 0.556. The van der Waals surface area contributed by atoms with E-state index in [-0.39, 0.29) is 5.57 Å². The topological polar surface area (TPSA) is 46.5 Å². The maximum Gasteiger partial charge on any atom is 0.339 e. The first kappa shape index (κ1) is 12.2. The van der Waals surface area contributed by atoms with Gasteiger partial charge in [0, 0.05) is 6.61 Å². The van der Waals surface area contributed by atoms with Gasteiger partial charge in [-0.25, -0.2) is 4.79 Å². The summed E-state index contributed by atoms with van der Waals surface area (Å²) >= 11 is 0. The van der Waals surface area contributed by atoms with Gasteiger partial charge in [0.25, 0.3) is 0 Å². The van der Waals surface area contributed by atoms with Crippen molar-refractivity contribution >= 4 is 14.3 Å². The second-order valence-electron chi connectivity index (χ2n) is 3.26. The van der Waals surface area contributed by atoms with Crippen molar-refractivity contribution in [3.8, 4) is 0 Å². The summed E-state index contributed by atoms with van der Waals surface area (Å²) in [6, 6.07) is 0. The molecule has 13 heavy (non-hydrogen) atoms. The van der Waals surface area contributed by atoms with Crippen LogP contribution in [0, 0.1) is 0 Å². The highest BCUT2D eigenvalue weighted by molar-refractivity contribution is 6.76. The smallest absolute Gasteiger partial charge is 0.339 e. The van der Waals surface area contributed by atoms with Gasteiger partial charge in [0.2, 0.25) is 8.32 Å². The summed E-state index contributed by atoms with van der Waals surface area (Å²) in [5.74, 6) is -0.933. The van der Waals surface area contributed by atoms with Crippen LogP contribution in [0.4, 0.5) is 0 Å². The Bertz CT molecular complexity index is 250. The first-order valence-corrected chi connectivity index (χ1v) is 7.19. The molecule has 0 aliphatic rings. The molecular weight excluding hydrogens is 184 g/mol. The molecule has 0 aromatic carbocycles. The molecule has 0 fully saturated rings. The summed E-state index contributed by atoms with van der Waals surface area (Å²) < 4.78 is 5.47. The van der Waals surface area contributed by atoms with Gasteiger partial charge < -0.3 is 9.53 Å². The zero-order chi connectivity index (χ0) is 10.5. The third kappa shape index (κ3) is 5.41. The van der Waals surface area contributed by atoms with E-state index in [1.807, 2.05) is 20.0 Å². The van der Waals surface area contributed by atoms with Crippen molar-refractivity contribution in [2.45, 2.75) is 26.9 Å². The lowest BCUT2D eigenvalue weighted by Crippen LogP contribution is -2.27. The molecule has 0 aromatic rings. The SMILES string of the molecule is CCO[Si](C)(C)C=C=C(C)C(=O)O. The maximum absolute atomic E-state index is 10.4. The van der Waals surface area contributed by atoms with Crippen LogP contribution in [0.3, 0.4) is 0 Å². The van der Waals surface area contributed by atoms with Crippen molar-refractivity contribution in [1.29, 1.82) is 0 Å². The molecule has 0 heterocycles. The number of carboxylic acid groups (broad SMARTS) is 1. The molecule has 0 aliphatic heterocycles. The Kier molecular flexibility index (Phi) is 4.70. The van der Waals surface area contributed by atoms with Gasteiger partial charge in [-0.15, -0.1) is 5.73 Å². The molecule has 0 atom stereocenters. The highest BCUT2D eigenvalue weighted by atomic mass is 28.4. The molecule has 4 heteroatoms. The van der Waals surface area contributed by atoms with Crippen molar-refractivity contribution in [2.75, 3.05) is 6.61 Å². The Morgan fingerprint density at radius 2 is 2.15 bits per heavy atom. The van der Waals surface area contributed by atoms with E-state index in [9.17, 15) is 4.79 Å². The first-order valence-electron chi connectivity index (χ1n) is 4.20. The highest BCUT2D eigenvalue weighted by Crippen LogP contribution is 2.05. The molecule has 0 bridgehead atoms. The molecule has 0 spiro atoms. The zero-order valence-corrected chi connectivity index (χ0v) is 9.55. The summed E-state index contributed by atoms with van der Waals surface area (Å²) in [4.78, 5) is 10.4. The summed E-state index contributed by atoms with van der Waals surface area (Å²) in [5.41, 5.74) is 4.72. The Morgan fingerprint density at radius 1 is 1.62 bits per heavy atom. The van der Waals surface area contributed by atoms with Crippen molar-refractivity contribution < 1.29 is 14.3 Å². The quantitative estimate of drug-likeness (QED) is 0.428. The van der Waals surface area contributed by atoms with E-state index in [1.165, 1.54) is 6.92 Å². The number of hydrogen-bond acceptors (Lipinski definition) is 2. The molecule has 0 radical (unpaired) electrons. The molecule has 0 saturated carbocycles. The fourth-order valence-electron chi connectivity index (χ4n) is 0.757. The fourth-order valence-corrected chi connectivity index (χ4v) is 2.15. The van der Waals surface area contributed by atoms with Gasteiger partial charge in [0.05, 0.1) is 5.57 Å². The molecule has 0 rings (SSSR count). The van der Waals surface area contributed by atoms with Gasteiger partial charge in [0.1, 0.15) is 0 Å². The summed E-state index contributed by atoms with van der Waals surface area (Å²) in [5, 5.41) is 8.56. The predicted molar refractivity (Wildman–Crippen MR) is 54.0 cm³/mol. The van der Waals surface area contributed by atoms with Gasteiger partial charge in [-0.2, -0.15) is 0 Å². The number of rotatable bonds is 4. The van der Waals surface area contributed by atoms with E-state index in [1.54, 1.807) is 5.70 Å². The number of aliphatic carboxylic acids is 1. The summed E-state index contributed by atoms with van der Waals surface area (Å²) in [6.07, 6.45) is 0. The molecule has 0 unspecified atom stereocenters. The lowest BCUT2D eigenvalue weighted by atomic mass is 10.3. The second-order valence-corrected chi connectivity index (χ2v) is 7.04. The van der Waals surface area contributed by atoms with Crippen LogP contribution < -0.4 is 0 Å². The Hall–Kier alpha value is -0.833. The highest BCUT2D eigenvalue weighted by Gasteiger charge is 2.17. The maximum atomic E-state index is 10.4. The predicted octanol–water partition coefficient (Wildman–Crippen LogP) is 1.95. The average molecular weight is 200 g/mol. The number of carbonyl (C=O) groups is 1. The molecular formula is C9H16O3Si. The van der Waals surface area contributed by atoms with Gasteiger partial charge in [-0.1, -0.05) is 0 Å². The molecule has 0 amide bonds. The van der Waals surface area contributed by atoms with E-state index in [0.717, 1.165) is 0 Å². The molecule has 0 aromatic heterocycles. The Morgan fingerprint density at radius 3 is 2.54 bits per heavy atom. The van der Waals surface area contributed by atoms with E-state index < -0.39 is 14.3 Å². The van der Waals surface area contributed by atoms with Crippen LogP contribution in [0.15, 0.2) is 17.0 Å². The van der Waals surface area contributed by atoms with Crippen LogP contribution in [0.2, 0.25) is 13.1 Å². The average Bonchev–Trinajstić information content (AvgIpc) is 2.00. The van der Waals surface area contributed by atoms with Gasteiger partial charge in [-0.05, 0) is 32.6 Å². The van der Waals surface area contributed by atoms with Gasteiger partial charge in [-0.3, -0.25) is 0 Å². The largest absolute Gasteiger partial charge is 0.477 e. The minimum absolute atomic E-state index is 0.222. The van der Waals surface area contributed by atoms with E-state index in [4.69, 9.17) is 9.53 Å². The van der Waals surface area contributed by atoms with E-state index in [0.29, 0.717) is 6.61 Å². The first-order chi connectivity index (χ1) is 5.89. The van der Waals surface area contributed by atoms with Crippen molar-refractivity contribution in [3.05, 3.63) is 17.0 Å². The van der Waals surface area contributed by atoms with Crippen molar-refractivity contribution in [2.24, 2.45) is 0 Å². The second kappa shape index (κ2) is 5.02. The van der Waals surface area contributed by atoms with Crippen LogP contribution in [-0.2, 0) is 9.22 Å². The normalized spacial score (nSPS) is 10.5. The summed E-state index contributed by atoms with van der Waals surface area (Å²) in [6.45, 7) is 8.10. The number of hydrogen-bond donors (Lipinski definition) is 1. The van der Waals surface area contributed by atoms with Crippen LogP contribution in [0.5, 0.6) is 0 Å².